The van der Waals surface area contributed by atoms with E-state index in [4.69, 9.17) is 0 Å². The molecule has 0 unspecified atom stereocenters. The van der Waals surface area contributed by atoms with Gasteiger partial charge in [0.25, 0.3) is 0 Å². The number of rotatable bonds is 2. The van der Waals surface area contributed by atoms with Crippen molar-refractivity contribution in [2.45, 2.75) is 0 Å². The van der Waals surface area contributed by atoms with E-state index in [9.17, 15) is 0 Å². The summed E-state index contributed by atoms with van der Waals surface area (Å²) < 4.78 is 1.86. The number of nitrogens with zero attached hydrogens (tertiary/aromatic N) is 5. The van der Waals surface area contributed by atoms with E-state index in [1.54, 1.807) is 6.33 Å². The maximum Gasteiger partial charge on any atom is 0.0833 e. The van der Waals surface area contributed by atoms with Crippen molar-refractivity contribution in [1.82, 2.24) is 19.5 Å². The van der Waals surface area contributed by atoms with Crippen molar-refractivity contribution in [2.24, 2.45) is 7.05 Å². The van der Waals surface area contributed by atoms with E-state index in [0.717, 1.165) is 22.7 Å². The number of aromatic nitrogens is 4. The van der Waals surface area contributed by atoms with E-state index < -0.39 is 0 Å². The predicted octanol–water partition coefficient (Wildman–Crippen LogP) is 1.93. The number of fused-ring (bicyclic) bond motifs is 1. The van der Waals surface area contributed by atoms with Gasteiger partial charge in [0.05, 0.1) is 6.33 Å². The van der Waals surface area contributed by atoms with Crippen LogP contribution in [0.3, 0.4) is 0 Å². The minimum atomic E-state index is 0. The molecule has 1 aromatic carbocycles. The zero-order valence-electron chi connectivity index (χ0n) is 10.8. The Balaban J connectivity index is 0.00000133. The minimum absolute atomic E-state index is 0. The summed E-state index contributed by atoms with van der Waals surface area (Å²) in [5, 5.41) is 0. The van der Waals surface area contributed by atoms with Crippen LogP contribution in [0.5, 0.6) is 0 Å². The first-order valence-corrected chi connectivity index (χ1v) is 5.61. The van der Waals surface area contributed by atoms with Gasteiger partial charge >= 0.3 is 0 Å². The molecule has 2 heterocycles. The number of aryl methyl sites for hydroxylation is 1. The molecule has 0 saturated carbocycles. The molecule has 1 radical (unpaired) electrons. The monoisotopic (exact) mass is 327 g/mol. The Morgan fingerprint density at radius 2 is 1.89 bits per heavy atom. The van der Waals surface area contributed by atoms with Gasteiger partial charge in [0.1, 0.15) is 0 Å². The average molecular weight is 327 g/mol. The van der Waals surface area contributed by atoms with Gasteiger partial charge in [-0.05, 0) is 12.1 Å². The van der Waals surface area contributed by atoms with Crippen molar-refractivity contribution < 1.29 is 32.7 Å². The Bertz CT molecular complexity index is 680. The first-order valence-electron chi connectivity index (χ1n) is 5.61. The third-order valence-electron chi connectivity index (χ3n) is 2.89. The zero-order chi connectivity index (χ0) is 12.5. The van der Waals surface area contributed by atoms with E-state index in [1.807, 2.05) is 53.9 Å². The van der Waals surface area contributed by atoms with Crippen LogP contribution in [-0.4, -0.2) is 26.6 Å². The van der Waals surface area contributed by atoms with Gasteiger partial charge in [-0.1, -0.05) is 18.2 Å². The number of imidazole rings is 1. The molecule has 0 fully saturated rings. The van der Waals surface area contributed by atoms with Crippen LogP contribution in [-0.2, 0) is 39.8 Å². The van der Waals surface area contributed by atoms with Crippen LogP contribution in [0.4, 0.5) is 11.5 Å². The number of anilines is 2. The molecule has 0 spiro atoms. The van der Waals surface area contributed by atoms with Crippen molar-refractivity contribution in [1.29, 1.82) is 0 Å². The number of para-hydroxylation sites is 1. The largest absolute Gasteiger partial charge is 0.381 e. The summed E-state index contributed by atoms with van der Waals surface area (Å²) in [6.45, 7) is 0. The summed E-state index contributed by atoms with van der Waals surface area (Å²) in [7, 11) is 3.86. The van der Waals surface area contributed by atoms with Crippen LogP contribution in [0, 0.1) is 6.33 Å². The van der Waals surface area contributed by atoms with Gasteiger partial charge in [0, 0.05) is 75.8 Å². The van der Waals surface area contributed by atoms with E-state index >= 15 is 0 Å². The summed E-state index contributed by atoms with van der Waals surface area (Å²) in [6, 6.07) is 10.0. The van der Waals surface area contributed by atoms with Gasteiger partial charge in [0.15, 0.2) is 0 Å². The SMILES string of the molecule is CN(c1ccccc1)c1n[c-]nc2c1ncn2C.[Y]. The second kappa shape index (κ2) is 5.76. The van der Waals surface area contributed by atoms with Gasteiger partial charge in [-0.3, -0.25) is 4.98 Å². The van der Waals surface area contributed by atoms with Gasteiger partial charge in [0.2, 0.25) is 0 Å². The van der Waals surface area contributed by atoms with Crippen molar-refractivity contribution in [3.63, 3.8) is 0 Å². The minimum Gasteiger partial charge on any atom is -0.381 e. The first kappa shape index (κ1) is 14.1. The summed E-state index contributed by atoms with van der Waals surface area (Å²) in [5.74, 6) is 0.756. The molecule has 0 saturated heterocycles. The van der Waals surface area contributed by atoms with Gasteiger partial charge in [-0.25, -0.2) is 0 Å². The van der Waals surface area contributed by atoms with E-state index in [-0.39, 0.29) is 32.7 Å². The molecule has 2 aromatic heterocycles. The fourth-order valence-electron chi connectivity index (χ4n) is 1.89. The molecule has 3 rings (SSSR count). The van der Waals surface area contributed by atoms with Crippen LogP contribution in [0.15, 0.2) is 36.7 Å². The Kier molecular flexibility index (Phi) is 4.27. The molecule has 0 bridgehead atoms. The third-order valence-corrected chi connectivity index (χ3v) is 2.89. The smallest absolute Gasteiger partial charge is 0.0833 e. The second-order valence-electron chi connectivity index (χ2n) is 4.07. The third kappa shape index (κ3) is 2.53. The molecule has 0 aliphatic heterocycles. The molecule has 0 aliphatic carbocycles. The van der Waals surface area contributed by atoms with Gasteiger partial charge < -0.3 is 19.4 Å². The number of benzene rings is 1. The maximum absolute atomic E-state index is 4.34. The van der Waals surface area contributed by atoms with Crippen molar-refractivity contribution >= 4 is 22.7 Å². The number of hydrogen-bond acceptors (Lipinski definition) is 4. The van der Waals surface area contributed by atoms with Crippen molar-refractivity contribution in [3.05, 3.63) is 43.0 Å². The maximum atomic E-state index is 4.34. The molecule has 19 heavy (non-hydrogen) atoms. The summed E-state index contributed by atoms with van der Waals surface area (Å²) in [5.41, 5.74) is 2.61. The second-order valence-corrected chi connectivity index (χ2v) is 4.07. The predicted molar refractivity (Wildman–Crippen MR) is 69.6 cm³/mol. The fraction of sp³-hybridized carbons (Fsp3) is 0.154. The Hall–Kier alpha value is -1.33. The molecule has 6 heteroatoms. The normalized spacial score (nSPS) is 10.2. The van der Waals surface area contributed by atoms with Gasteiger partial charge in [-0.15, -0.1) is 0 Å². The Morgan fingerprint density at radius 1 is 1.16 bits per heavy atom. The average Bonchev–Trinajstić information content (AvgIpc) is 2.81. The molecular weight excluding hydrogens is 315 g/mol. The van der Waals surface area contributed by atoms with Crippen LogP contribution in [0.2, 0.25) is 0 Å². The first-order chi connectivity index (χ1) is 8.77. The van der Waals surface area contributed by atoms with Gasteiger partial charge in [-0.2, -0.15) is 0 Å². The van der Waals surface area contributed by atoms with Crippen LogP contribution in [0.25, 0.3) is 11.2 Å². The quantitative estimate of drug-likeness (QED) is 0.675. The molecule has 3 aromatic rings. The molecular formula is C13H12N5Y-. The van der Waals surface area contributed by atoms with E-state index in [0.29, 0.717) is 0 Å². The fourth-order valence-corrected chi connectivity index (χ4v) is 1.89. The van der Waals surface area contributed by atoms with Crippen LogP contribution < -0.4 is 4.90 Å². The number of hydrogen-bond donors (Lipinski definition) is 0. The van der Waals surface area contributed by atoms with Crippen molar-refractivity contribution in [3.8, 4) is 0 Å². The molecule has 0 amide bonds. The van der Waals surface area contributed by atoms with Crippen LogP contribution in [0.1, 0.15) is 0 Å². The van der Waals surface area contributed by atoms with Crippen LogP contribution >= 0.6 is 0 Å². The summed E-state index contributed by atoms with van der Waals surface area (Å²) in [6.07, 6.45) is 4.41. The van der Waals surface area contributed by atoms with E-state index in [1.165, 1.54) is 0 Å². The molecule has 5 nitrogen and oxygen atoms in total. The molecule has 0 aliphatic rings. The summed E-state index contributed by atoms with van der Waals surface area (Å²) >= 11 is 0. The Morgan fingerprint density at radius 3 is 2.63 bits per heavy atom. The van der Waals surface area contributed by atoms with E-state index in [2.05, 4.69) is 21.3 Å². The molecule has 93 valence electrons. The standard InChI is InChI=1S/C13H12N5.Y/c1-17-9-16-11-12(17)14-8-15-13(11)18(2)10-6-4-3-5-7-10;/h3-7,9H,1-2H3;/q-1;. The van der Waals surface area contributed by atoms with Crippen molar-refractivity contribution in [2.75, 3.05) is 11.9 Å². The zero-order valence-corrected chi connectivity index (χ0v) is 13.6. The molecule has 0 N–H and O–H groups in total. The molecule has 0 atom stereocenters. The topological polar surface area (TPSA) is 46.8 Å². The Labute approximate surface area is 136 Å². The summed E-state index contributed by atoms with van der Waals surface area (Å²) in [4.78, 5) is 14.6.